The molecule has 0 aliphatic carbocycles. The number of anilines is 1. The van der Waals surface area contributed by atoms with E-state index in [0.717, 1.165) is 12.1 Å². The Bertz CT molecular complexity index is 1130. The lowest BCUT2D eigenvalue weighted by molar-refractivity contribution is -0.137. The van der Waals surface area contributed by atoms with Crippen LogP contribution < -0.4 is 14.8 Å². The molecule has 3 aromatic rings. The summed E-state index contributed by atoms with van der Waals surface area (Å²) in [6.07, 6.45) is -0.519. The Kier molecular flexibility index (Phi) is 6.11. The van der Waals surface area contributed by atoms with E-state index in [0.29, 0.717) is 41.3 Å². The number of hydrogen-bond acceptors (Lipinski definition) is 4. The fraction of sp³-hybridized carbons (Fsp3) is 0.167. The number of rotatable bonds is 4. The molecule has 1 N–H and O–H groups in total. The number of benzene rings is 2. The summed E-state index contributed by atoms with van der Waals surface area (Å²) in [6.45, 7) is 0.278. The van der Waals surface area contributed by atoms with Crippen molar-refractivity contribution in [2.45, 2.75) is 19.0 Å². The maximum Gasteiger partial charge on any atom is 0.416 e. The summed E-state index contributed by atoms with van der Waals surface area (Å²) in [7, 11) is 0. The number of amides is 1. The molecule has 32 heavy (non-hydrogen) atoms. The lowest BCUT2D eigenvalue weighted by Gasteiger charge is -2.13. The van der Waals surface area contributed by atoms with Crippen LogP contribution in [0.4, 0.5) is 18.9 Å². The highest BCUT2D eigenvalue weighted by Gasteiger charge is 2.32. The summed E-state index contributed by atoms with van der Waals surface area (Å²) in [4.78, 5) is 16.7. The Morgan fingerprint density at radius 3 is 2.62 bits per heavy atom. The summed E-state index contributed by atoms with van der Waals surface area (Å²) in [5, 5.41) is 2.71. The van der Waals surface area contributed by atoms with Gasteiger partial charge in [0.2, 0.25) is 11.8 Å². The SMILES string of the molecule is O=C(C=C1CCCOc2cc(C(F)(F)F)ccc21)Nc1ccc(Oc2ccccc2)nc1. The topological polar surface area (TPSA) is 60.5 Å². The molecule has 0 unspecified atom stereocenters. The number of para-hydroxylation sites is 1. The first-order valence-corrected chi connectivity index (χ1v) is 9.93. The molecule has 4 rings (SSSR count). The maximum absolute atomic E-state index is 13.0. The van der Waals surface area contributed by atoms with Crippen molar-refractivity contribution < 1.29 is 27.4 Å². The molecule has 1 amide bonds. The van der Waals surface area contributed by atoms with Gasteiger partial charge >= 0.3 is 6.18 Å². The van der Waals surface area contributed by atoms with Crippen molar-refractivity contribution in [1.29, 1.82) is 0 Å². The predicted molar refractivity (Wildman–Crippen MR) is 114 cm³/mol. The van der Waals surface area contributed by atoms with E-state index in [9.17, 15) is 18.0 Å². The first-order valence-electron chi connectivity index (χ1n) is 9.93. The van der Waals surface area contributed by atoms with E-state index in [-0.39, 0.29) is 12.4 Å². The molecule has 0 saturated heterocycles. The molecule has 0 fully saturated rings. The number of carbonyl (C=O) groups is 1. The van der Waals surface area contributed by atoms with Crippen LogP contribution in [0.2, 0.25) is 0 Å². The van der Waals surface area contributed by atoms with Gasteiger partial charge in [-0.2, -0.15) is 13.2 Å². The summed E-state index contributed by atoms with van der Waals surface area (Å²) in [5.41, 5.74) is 0.770. The molecule has 5 nitrogen and oxygen atoms in total. The molecule has 1 aliphatic rings. The third kappa shape index (κ3) is 5.26. The lowest BCUT2D eigenvalue weighted by atomic mass is 9.99. The van der Waals surface area contributed by atoms with E-state index < -0.39 is 17.6 Å². The summed E-state index contributed by atoms with van der Waals surface area (Å²) >= 11 is 0. The van der Waals surface area contributed by atoms with Crippen LogP contribution >= 0.6 is 0 Å². The van der Waals surface area contributed by atoms with Gasteiger partial charge in [-0.3, -0.25) is 4.79 Å². The van der Waals surface area contributed by atoms with E-state index in [1.807, 2.05) is 18.2 Å². The van der Waals surface area contributed by atoms with Gasteiger partial charge in [0.15, 0.2) is 0 Å². The van der Waals surface area contributed by atoms with Crippen LogP contribution in [0, 0.1) is 0 Å². The first-order chi connectivity index (χ1) is 15.4. The molecular weight excluding hydrogens is 421 g/mol. The molecule has 1 aromatic heterocycles. The fourth-order valence-corrected chi connectivity index (χ4v) is 3.27. The highest BCUT2D eigenvalue weighted by molar-refractivity contribution is 6.04. The third-order valence-electron chi connectivity index (χ3n) is 4.78. The van der Waals surface area contributed by atoms with Crippen molar-refractivity contribution >= 4 is 17.2 Å². The average molecular weight is 440 g/mol. The second-order valence-electron chi connectivity index (χ2n) is 7.12. The van der Waals surface area contributed by atoms with Crippen LogP contribution in [0.5, 0.6) is 17.4 Å². The van der Waals surface area contributed by atoms with Crippen molar-refractivity contribution in [2.24, 2.45) is 0 Å². The van der Waals surface area contributed by atoms with E-state index >= 15 is 0 Å². The number of fused-ring (bicyclic) bond motifs is 1. The van der Waals surface area contributed by atoms with E-state index in [1.54, 1.807) is 24.3 Å². The Labute approximate surface area is 182 Å². The van der Waals surface area contributed by atoms with Gasteiger partial charge in [-0.05, 0) is 48.7 Å². The summed E-state index contributed by atoms with van der Waals surface area (Å²) < 4.78 is 50.1. The molecule has 164 valence electrons. The third-order valence-corrected chi connectivity index (χ3v) is 4.78. The average Bonchev–Trinajstić information content (AvgIpc) is 2.97. The molecule has 0 bridgehead atoms. The number of pyridine rings is 1. The van der Waals surface area contributed by atoms with Crippen LogP contribution in [-0.2, 0) is 11.0 Å². The highest BCUT2D eigenvalue weighted by Crippen LogP contribution is 2.38. The molecule has 8 heteroatoms. The highest BCUT2D eigenvalue weighted by atomic mass is 19.4. The number of ether oxygens (including phenoxy) is 2. The number of aromatic nitrogens is 1. The summed E-state index contributed by atoms with van der Waals surface area (Å²) in [5.74, 6) is 0.735. The van der Waals surface area contributed by atoms with E-state index in [2.05, 4.69) is 10.3 Å². The molecule has 2 heterocycles. The zero-order valence-electron chi connectivity index (χ0n) is 16.9. The van der Waals surface area contributed by atoms with Crippen molar-refractivity contribution in [3.63, 3.8) is 0 Å². The maximum atomic E-state index is 13.0. The van der Waals surface area contributed by atoms with Gasteiger partial charge in [-0.15, -0.1) is 0 Å². The van der Waals surface area contributed by atoms with Gasteiger partial charge in [0.25, 0.3) is 0 Å². The zero-order valence-corrected chi connectivity index (χ0v) is 16.9. The normalized spacial score (nSPS) is 14.8. The number of alkyl halides is 3. The van der Waals surface area contributed by atoms with Gasteiger partial charge in [0, 0.05) is 17.7 Å². The van der Waals surface area contributed by atoms with Gasteiger partial charge in [0.1, 0.15) is 11.5 Å². The second-order valence-corrected chi connectivity index (χ2v) is 7.12. The zero-order chi connectivity index (χ0) is 22.6. The van der Waals surface area contributed by atoms with Gasteiger partial charge < -0.3 is 14.8 Å². The Balaban J connectivity index is 1.48. The number of nitrogens with zero attached hydrogens (tertiary/aromatic N) is 1. The van der Waals surface area contributed by atoms with Crippen molar-refractivity contribution in [3.05, 3.63) is 84.1 Å². The van der Waals surface area contributed by atoms with Crippen LogP contribution in [0.15, 0.2) is 72.9 Å². The van der Waals surface area contributed by atoms with E-state index in [1.165, 1.54) is 18.3 Å². The second kappa shape index (κ2) is 9.13. The van der Waals surface area contributed by atoms with E-state index in [4.69, 9.17) is 9.47 Å². The lowest BCUT2D eigenvalue weighted by Crippen LogP contribution is -2.09. The number of halogens is 3. The van der Waals surface area contributed by atoms with Crippen molar-refractivity contribution in [3.8, 4) is 17.4 Å². The minimum Gasteiger partial charge on any atom is -0.493 e. The molecule has 0 atom stereocenters. The summed E-state index contributed by atoms with van der Waals surface area (Å²) in [6, 6.07) is 15.8. The first kappa shape index (κ1) is 21.4. The monoisotopic (exact) mass is 440 g/mol. The molecule has 2 aromatic carbocycles. The Morgan fingerprint density at radius 2 is 1.91 bits per heavy atom. The van der Waals surface area contributed by atoms with Crippen LogP contribution in [0.25, 0.3) is 5.57 Å². The van der Waals surface area contributed by atoms with Gasteiger partial charge in [0.05, 0.1) is 24.1 Å². The molecule has 0 spiro atoms. The fourth-order valence-electron chi connectivity index (χ4n) is 3.27. The molecule has 0 saturated carbocycles. The predicted octanol–water partition coefficient (Wildman–Crippen LogP) is 6.09. The minimum atomic E-state index is -4.46. The minimum absolute atomic E-state index is 0.125. The smallest absolute Gasteiger partial charge is 0.416 e. The molecular formula is C24H19F3N2O3. The standard InChI is InChI=1S/C24H19F3N2O3/c25-24(26,27)17-8-10-20-16(5-4-12-31-21(20)14-17)13-22(30)29-18-9-11-23(28-15-18)32-19-6-2-1-3-7-19/h1-3,6-11,13-15H,4-5,12H2,(H,29,30). The number of hydrogen-bond donors (Lipinski definition) is 1. The Hall–Kier alpha value is -3.81. The van der Waals surface area contributed by atoms with Crippen molar-refractivity contribution in [2.75, 3.05) is 11.9 Å². The van der Waals surface area contributed by atoms with Gasteiger partial charge in [-0.1, -0.05) is 24.3 Å². The number of allylic oxidation sites excluding steroid dienone is 1. The number of carbonyl (C=O) groups excluding carboxylic acids is 1. The quantitative estimate of drug-likeness (QED) is 0.499. The molecule has 1 aliphatic heterocycles. The van der Waals surface area contributed by atoms with Crippen LogP contribution in [0.1, 0.15) is 24.0 Å². The Morgan fingerprint density at radius 1 is 1.09 bits per heavy atom. The van der Waals surface area contributed by atoms with Crippen LogP contribution in [0.3, 0.4) is 0 Å². The number of nitrogens with one attached hydrogen (secondary N) is 1. The van der Waals surface area contributed by atoms with Crippen molar-refractivity contribution in [1.82, 2.24) is 4.98 Å². The molecule has 0 radical (unpaired) electrons. The van der Waals surface area contributed by atoms with Gasteiger partial charge in [-0.25, -0.2) is 4.98 Å². The van der Waals surface area contributed by atoms with Crippen LogP contribution in [-0.4, -0.2) is 17.5 Å². The largest absolute Gasteiger partial charge is 0.493 e.